The standard InChI is InChI=1S/C31H34N2O4/c34-28-26(18-22-10-4-1-5-11-22)32(20-23-12-6-2-7-13-23)30(36)33-25-16-17-31(33,29(28)35)19-27(25)37-21-24-14-8-3-9-15-24/h1-15,25-29,34-35H,16-21H2/t25?,26-,27-,28+,29+,31+/m1/s1. The Labute approximate surface area is 218 Å². The van der Waals surface area contributed by atoms with Crippen molar-refractivity contribution in [1.82, 2.24) is 9.80 Å². The van der Waals surface area contributed by atoms with Crippen molar-refractivity contribution in [2.75, 3.05) is 0 Å². The highest BCUT2D eigenvalue weighted by molar-refractivity contribution is 5.78. The zero-order valence-electron chi connectivity index (χ0n) is 20.9. The summed E-state index contributed by atoms with van der Waals surface area (Å²) in [7, 11) is 0. The van der Waals surface area contributed by atoms with Crippen LogP contribution in [0.3, 0.4) is 0 Å². The number of aliphatic hydroxyl groups is 2. The summed E-state index contributed by atoms with van der Waals surface area (Å²) in [5.74, 6) is 0. The van der Waals surface area contributed by atoms with Gasteiger partial charge >= 0.3 is 6.03 Å². The molecule has 0 aliphatic carbocycles. The number of urea groups is 1. The predicted octanol–water partition coefficient (Wildman–Crippen LogP) is 4.15. The van der Waals surface area contributed by atoms with E-state index < -0.39 is 23.8 Å². The molecule has 3 fully saturated rings. The highest BCUT2D eigenvalue weighted by Gasteiger charge is 2.66. The van der Waals surface area contributed by atoms with E-state index in [1.54, 1.807) is 4.90 Å². The molecule has 0 saturated carbocycles. The van der Waals surface area contributed by atoms with Gasteiger partial charge in [-0.25, -0.2) is 4.79 Å². The third-order valence-electron chi connectivity index (χ3n) is 8.58. The Balaban J connectivity index is 1.33. The second-order valence-corrected chi connectivity index (χ2v) is 10.7. The van der Waals surface area contributed by atoms with Gasteiger partial charge in [0.1, 0.15) is 12.2 Å². The van der Waals surface area contributed by atoms with Crippen LogP contribution in [0.25, 0.3) is 0 Å². The van der Waals surface area contributed by atoms with Gasteiger partial charge in [-0.1, -0.05) is 91.0 Å². The Morgan fingerprint density at radius 2 is 1.43 bits per heavy atom. The summed E-state index contributed by atoms with van der Waals surface area (Å²) in [6.45, 7) is 0.832. The van der Waals surface area contributed by atoms with Crippen molar-refractivity contribution in [3.8, 4) is 0 Å². The van der Waals surface area contributed by atoms with Crippen LogP contribution in [0.4, 0.5) is 4.79 Å². The molecule has 0 radical (unpaired) electrons. The summed E-state index contributed by atoms with van der Waals surface area (Å²) in [5.41, 5.74) is 2.29. The minimum atomic E-state index is -1.08. The Bertz CT molecular complexity index is 1210. The molecule has 3 saturated heterocycles. The molecule has 2 N–H and O–H groups in total. The number of nitrogens with zero attached hydrogens (tertiary/aromatic N) is 2. The maximum atomic E-state index is 14.4. The van der Waals surface area contributed by atoms with Crippen molar-refractivity contribution in [3.05, 3.63) is 108 Å². The highest BCUT2D eigenvalue weighted by Crippen LogP contribution is 2.52. The van der Waals surface area contributed by atoms with Crippen LogP contribution in [0, 0.1) is 0 Å². The van der Waals surface area contributed by atoms with E-state index in [2.05, 4.69) is 0 Å². The second kappa shape index (κ2) is 9.93. The van der Waals surface area contributed by atoms with Crippen LogP contribution in [0.5, 0.6) is 0 Å². The molecule has 6 heteroatoms. The van der Waals surface area contributed by atoms with E-state index >= 15 is 0 Å². The van der Waals surface area contributed by atoms with Crippen molar-refractivity contribution < 1.29 is 19.7 Å². The molecule has 37 heavy (non-hydrogen) atoms. The number of carbonyl (C=O) groups is 1. The van der Waals surface area contributed by atoms with Crippen LogP contribution in [0.15, 0.2) is 91.0 Å². The van der Waals surface area contributed by atoms with Crippen molar-refractivity contribution in [3.63, 3.8) is 0 Å². The summed E-state index contributed by atoms with van der Waals surface area (Å²) >= 11 is 0. The lowest BCUT2D eigenvalue weighted by Gasteiger charge is -2.38. The molecule has 3 heterocycles. The van der Waals surface area contributed by atoms with Crippen LogP contribution < -0.4 is 0 Å². The summed E-state index contributed by atoms with van der Waals surface area (Å²) < 4.78 is 6.35. The lowest BCUT2D eigenvalue weighted by atomic mass is 9.78. The van der Waals surface area contributed by atoms with Gasteiger partial charge in [-0.2, -0.15) is 0 Å². The molecule has 6 nitrogen and oxygen atoms in total. The molecule has 2 bridgehead atoms. The quantitative estimate of drug-likeness (QED) is 0.513. The molecular weight excluding hydrogens is 464 g/mol. The van der Waals surface area contributed by atoms with E-state index in [1.165, 1.54) is 0 Å². The summed E-state index contributed by atoms with van der Waals surface area (Å²) in [4.78, 5) is 18.0. The van der Waals surface area contributed by atoms with Gasteiger partial charge in [0.25, 0.3) is 0 Å². The van der Waals surface area contributed by atoms with Gasteiger partial charge in [-0.05, 0) is 36.0 Å². The monoisotopic (exact) mass is 498 g/mol. The normalized spacial score (nSPS) is 30.9. The third kappa shape index (κ3) is 4.33. The number of ether oxygens (including phenoxy) is 1. The van der Waals surface area contributed by atoms with Gasteiger partial charge in [-0.15, -0.1) is 0 Å². The van der Waals surface area contributed by atoms with E-state index in [4.69, 9.17) is 4.74 Å². The predicted molar refractivity (Wildman–Crippen MR) is 141 cm³/mol. The van der Waals surface area contributed by atoms with Crippen LogP contribution in [0.1, 0.15) is 36.0 Å². The smallest absolute Gasteiger partial charge is 0.321 e. The topological polar surface area (TPSA) is 73.2 Å². The number of hydrogen-bond acceptors (Lipinski definition) is 4. The van der Waals surface area contributed by atoms with Gasteiger partial charge in [0, 0.05) is 13.0 Å². The number of rotatable bonds is 7. The first kappa shape index (κ1) is 24.2. The van der Waals surface area contributed by atoms with Crippen molar-refractivity contribution in [2.45, 2.75) is 74.8 Å². The molecule has 3 aliphatic rings. The number of hydrogen-bond donors (Lipinski definition) is 2. The van der Waals surface area contributed by atoms with Crippen LogP contribution >= 0.6 is 0 Å². The summed E-state index contributed by atoms with van der Waals surface area (Å²) in [5, 5.41) is 23.4. The Kier molecular flexibility index (Phi) is 6.49. The van der Waals surface area contributed by atoms with Gasteiger partial charge in [0.15, 0.2) is 0 Å². The average Bonchev–Trinajstić information content (AvgIpc) is 3.47. The van der Waals surface area contributed by atoms with E-state index in [-0.39, 0.29) is 18.2 Å². The first-order valence-electron chi connectivity index (χ1n) is 13.3. The van der Waals surface area contributed by atoms with E-state index in [9.17, 15) is 15.0 Å². The summed E-state index contributed by atoms with van der Waals surface area (Å²) in [6, 6.07) is 29.0. The number of amides is 2. The molecule has 3 aromatic carbocycles. The van der Waals surface area contributed by atoms with Crippen molar-refractivity contribution >= 4 is 6.03 Å². The zero-order chi connectivity index (χ0) is 25.4. The fourth-order valence-corrected chi connectivity index (χ4v) is 6.75. The van der Waals surface area contributed by atoms with Gasteiger partial charge in [-0.3, -0.25) is 0 Å². The molecule has 1 unspecified atom stereocenters. The van der Waals surface area contributed by atoms with E-state index in [0.717, 1.165) is 23.1 Å². The molecule has 6 atom stereocenters. The van der Waals surface area contributed by atoms with Gasteiger partial charge in [0.2, 0.25) is 0 Å². The minimum absolute atomic E-state index is 0.117. The highest BCUT2D eigenvalue weighted by atomic mass is 16.5. The van der Waals surface area contributed by atoms with Gasteiger partial charge in [0.05, 0.1) is 30.3 Å². The molecule has 2 amide bonds. The number of carbonyl (C=O) groups excluding carboxylic acids is 1. The molecule has 0 aromatic heterocycles. The van der Waals surface area contributed by atoms with Crippen molar-refractivity contribution in [2.24, 2.45) is 0 Å². The number of benzene rings is 3. The summed E-state index contributed by atoms with van der Waals surface area (Å²) in [6.07, 6.45) is 0.128. The maximum Gasteiger partial charge on any atom is 0.321 e. The fraction of sp³-hybridized carbons (Fsp3) is 0.387. The van der Waals surface area contributed by atoms with Crippen LogP contribution in [-0.4, -0.2) is 62.0 Å². The van der Waals surface area contributed by atoms with E-state index in [0.29, 0.717) is 32.4 Å². The van der Waals surface area contributed by atoms with E-state index in [1.807, 2.05) is 95.9 Å². The minimum Gasteiger partial charge on any atom is -0.388 e. The third-order valence-corrected chi connectivity index (χ3v) is 8.58. The van der Waals surface area contributed by atoms with Crippen molar-refractivity contribution in [1.29, 1.82) is 0 Å². The Hall–Kier alpha value is -3.19. The lowest BCUT2D eigenvalue weighted by Crippen LogP contribution is -2.55. The first-order valence-corrected chi connectivity index (χ1v) is 13.3. The average molecular weight is 499 g/mol. The molecule has 6 rings (SSSR count). The SMILES string of the molecule is O=C1N(Cc2ccccc2)[C@H](Cc2ccccc2)[C@H](O)[C@H](O)[C@]23CCC([C@H](OCc4ccccc4)C2)N13. The second-order valence-electron chi connectivity index (χ2n) is 10.7. The molecule has 192 valence electrons. The van der Waals surface area contributed by atoms with Gasteiger partial charge < -0.3 is 24.7 Å². The first-order chi connectivity index (χ1) is 18.1. The molecule has 3 aromatic rings. The Morgan fingerprint density at radius 1 is 0.838 bits per heavy atom. The molecule has 3 aliphatic heterocycles. The van der Waals surface area contributed by atoms with Crippen LogP contribution in [0.2, 0.25) is 0 Å². The zero-order valence-corrected chi connectivity index (χ0v) is 20.9. The fourth-order valence-electron chi connectivity index (χ4n) is 6.75. The van der Waals surface area contributed by atoms with Crippen LogP contribution in [-0.2, 0) is 24.3 Å². The lowest BCUT2D eigenvalue weighted by molar-refractivity contribution is -0.0728. The largest absolute Gasteiger partial charge is 0.388 e. The molecular formula is C31H34N2O4. The Morgan fingerprint density at radius 3 is 2.08 bits per heavy atom. The number of aliphatic hydroxyl groups excluding tert-OH is 2. The molecule has 0 spiro atoms. The maximum absolute atomic E-state index is 14.4.